The summed E-state index contributed by atoms with van der Waals surface area (Å²) in [6, 6.07) is 16.4. The molecule has 1 amide bonds. The van der Waals surface area contributed by atoms with Crippen molar-refractivity contribution < 1.29 is 4.79 Å². The largest absolute Gasteiger partial charge is 0.386 e. The van der Waals surface area contributed by atoms with Crippen LogP contribution in [0.2, 0.25) is 0 Å². The molecule has 2 aromatic carbocycles. The predicted octanol–water partition coefficient (Wildman–Crippen LogP) is 3.19. The van der Waals surface area contributed by atoms with E-state index in [1.54, 1.807) is 36.2 Å². The van der Waals surface area contributed by atoms with Crippen molar-refractivity contribution in [2.24, 2.45) is 10.7 Å². The minimum absolute atomic E-state index is 0.0814. The van der Waals surface area contributed by atoms with Gasteiger partial charge >= 0.3 is 0 Å². The first-order chi connectivity index (χ1) is 10.1. The Morgan fingerprint density at radius 1 is 1.14 bits per heavy atom. The molecule has 21 heavy (non-hydrogen) atoms. The number of amides is 1. The van der Waals surface area contributed by atoms with Crippen LogP contribution in [0.4, 0.5) is 11.4 Å². The summed E-state index contributed by atoms with van der Waals surface area (Å²) < 4.78 is 0. The molecule has 2 N–H and O–H groups in total. The molecule has 2 aromatic rings. The number of aliphatic imine (C=N–C) groups is 1. The van der Waals surface area contributed by atoms with Crippen LogP contribution in [-0.4, -0.2) is 24.7 Å². The number of carbonyl (C=O) groups excluding carboxylic acids is 1. The second-order valence-corrected chi connectivity index (χ2v) is 4.75. The van der Waals surface area contributed by atoms with Gasteiger partial charge < -0.3 is 10.6 Å². The molecule has 108 valence electrons. The van der Waals surface area contributed by atoms with E-state index in [4.69, 9.17) is 17.3 Å². The number of amidine groups is 1. The molecule has 0 radical (unpaired) electrons. The molecule has 0 aromatic heterocycles. The SMILES string of the molecule is CN(C(=O)c1ccc(N=C(N)CCl)cc1)c1ccccc1. The molecule has 0 heterocycles. The summed E-state index contributed by atoms with van der Waals surface area (Å²) in [6.45, 7) is 0. The van der Waals surface area contributed by atoms with Crippen molar-refractivity contribution in [1.82, 2.24) is 0 Å². The lowest BCUT2D eigenvalue weighted by Crippen LogP contribution is -2.25. The quantitative estimate of drug-likeness (QED) is 0.535. The van der Waals surface area contributed by atoms with Gasteiger partial charge in [0.1, 0.15) is 5.84 Å². The zero-order valence-electron chi connectivity index (χ0n) is 11.7. The van der Waals surface area contributed by atoms with E-state index in [9.17, 15) is 4.79 Å². The Hall–Kier alpha value is -2.33. The van der Waals surface area contributed by atoms with Crippen LogP contribution >= 0.6 is 11.6 Å². The standard InChI is InChI=1S/C16H16ClN3O/c1-20(14-5-3-2-4-6-14)16(21)12-7-9-13(10-8-12)19-15(18)11-17/h2-10H,11H2,1H3,(H2,18,19). The number of nitrogens with zero attached hydrogens (tertiary/aromatic N) is 2. The molecule has 0 aliphatic heterocycles. The molecule has 0 aliphatic rings. The second kappa shape index (κ2) is 6.90. The third-order valence-corrected chi connectivity index (χ3v) is 3.25. The number of anilines is 1. The minimum atomic E-state index is -0.0814. The van der Waals surface area contributed by atoms with Crippen molar-refractivity contribution in [3.63, 3.8) is 0 Å². The highest BCUT2D eigenvalue weighted by atomic mass is 35.5. The van der Waals surface area contributed by atoms with Gasteiger partial charge in [0.15, 0.2) is 0 Å². The molecule has 0 spiro atoms. The summed E-state index contributed by atoms with van der Waals surface area (Å²) in [6.07, 6.45) is 0. The average Bonchev–Trinajstić information content (AvgIpc) is 2.55. The van der Waals surface area contributed by atoms with Gasteiger partial charge in [-0.1, -0.05) is 18.2 Å². The molecule has 0 saturated heterocycles. The van der Waals surface area contributed by atoms with Crippen LogP contribution in [0.1, 0.15) is 10.4 Å². The van der Waals surface area contributed by atoms with Gasteiger partial charge in [-0.2, -0.15) is 0 Å². The van der Waals surface area contributed by atoms with Crippen molar-refractivity contribution in [2.45, 2.75) is 0 Å². The monoisotopic (exact) mass is 301 g/mol. The lowest BCUT2D eigenvalue weighted by Gasteiger charge is -2.17. The number of benzene rings is 2. The number of nitrogens with two attached hydrogens (primary N) is 1. The summed E-state index contributed by atoms with van der Waals surface area (Å²) in [4.78, 5) is 18.1. The van der Waals surface area contributed by atoms with E-state index in [1.807, 2.05) is 30.3 Å². The molecular weight excluding hydrogens is 286 g/mol. The fourth-order valence-electron chi connectivity index (χ4n) is 1.84. The van der Waals surface area contributed by atoms with E-state index in [2.05, 4.69) is 4.99 Å². The Morgan fingerprint density at radius 2 is 1.76 bits per heavy atom. The fraction of sp³-hybridized carbons (Fsp3) is 0.125. The lowest BCUT2D eigenvalue weighted by atomic mass is 10.1. The Kier molecular flexibility index (Phi) is 4.95. The molecule has 0 atom stereocenters. The third-order valence-electron chi connectivity index (χ3n) is 2.97. The van der Waals surface area contributed by atoms with E-state index in [0.717, 1.165) is 5.69 Å². The van der Waals surface area contributed by atoms with Crippen LogP contribution < -0.4 is 10.6 Å². The van der Waals surface area contributed by atoms with Gasteiger partial charge in [-0.05, 0) is 36.4 Å². The number of rotatable bonds is 4. The third kappa shape index (κ3) is 3.83. The molecule has 0 bridgehead atoms. The van der Waals surface area contributed by atoms with Crippen LogP contribution in [0.25, 0.3) is 0 Å². The Balaban J connectivity index is 2.17. The van der Waals surface area contributed by atoms with Gasteiger partial charge in [-0.25, -0.2) is 4.99 Å². The summed E-state index contributed by atoms with van der Waals surface area (Å²) >= 11 is 5.58. The number of halogens is 1. The first-order valence-corrected chi connectivity index (χ1v) is 6.97. The normalized spacial score (nSPS) is 11.2. The van der Waals surface area contributed by atoms with Gasteiger partial charge in [0.25, 0.3) is 5.91 Å². The number of para-hydroxylation sites is 1. The summed E-state index contributed by atoms with van der Waals surface area (Å²) in [5.41, 5.74) is 7.67. The highest BCUT2D eigenvalue weighted by Gasteiger charge is 2.12. The summed E-state index contributed by atoms with van der Waals surface area (Å²) in [5.74, 6) is 0.441. The van der Waals surface area contributed by atoms with Gasteiger partial charge in [0.2, 0.25) is 0 Å². The van der Waals surface area contributed by atoms with Gasteiger partial charge in [0, 0.05) is 18.3 Å². The first kappa shape index (κ1) is 15.1. The van der Waals surface area contributed by atoms with Crippen molar-refractivity contribution in [3.05, 3.63) is 60.2 Å². The van der Waals surface area contributed by atoms with Crippen molar-refractivity contribution in [1.29, 1.82) is 0 Å². The zero-order valence-corrected chi connectivity index (χ0v) is 12.4. The van der Waals surface area contributed by atoms with E-state index in [0.29, 0.717) is 17.1 Å². The van der Waals surface area contributed by atoms with Gasteiger partial charge in [0.05, 0.1) is 11.6 Å². The van der Waals surface area contributed by atoms with Crippen molar-refractivity contribution in [3.8, 4) is 0 Å². The number of hydrogen-bond donors (Lipinski definition) is 1. The smallest absolute Gasteiger partial charge is 0.258 e. The molecule has 2 rings (SSSR count). The molecule has 0 unspecified atom stereocenters. The maximum atomic E-state index is 12.4. The summed E-state index contributed by atoms with van der Waals surface area (Å²) in [7, 11) is 1.75. The van der Waals surface area contributed by atoms with Crippen LogP contribution in [-0.2, 0) is 0 Å². The van der Waals surface area contributed by atoms with E-state index < -0.39 is 0 Å². The molecule has 0 aliphatic carbocycles. The number of alkyl halides is 1. The number of hydrogen-bond acceptors (Lipinski definition) is 2. The van der Waals surface area contributed by atoms with Crippen LogP contribution in [0.3, 0.4) is 0 Å². The van der Waals surface area contributed by atoms with E-state index in [-0.39, 0.29) is 11.8 Å². The topological polar surface area (TPSA) is 58.7 Å². The fourth-order valence-corrected chi connectivity index (χ4v) is 1.90. The van der Waals surface area contributed by atoms with Gasteiger partial charge in [-0.15, -0.1) is 11.6 Å². The lowest BCUT2D eigenvalue weighted by molar-refractivity contribution is 0.0993. The highest BCUT2D eigenvalue weighted by molar-refractivity contribution is 6.28. The zero-order chi connectivity index (χ0) is 15.2. The molecule has 0 fully saturated rings. The maximum absolute atomic E-state index is 12.4. The van der Waals surface area contributed by atoms with E-state index in [1.165, 1.54) is 0 Å². The predicted molar refractivity (Wildman–Crippen MR) is 87.6 cm³/mol. The maximum Gasteiger partial charge on any atom is 0.258 e. The van der Waals surface area contributed by atoms with Crippen LogP contribution in [0.5, 0.6) is 0 Å². The van der Waals surface area contributed by atoms with Crippen molar-refractivity contribution >= 4 is 34.7 Å². The molecule has 4 nitrogen and oxygen atoms in total. The van der Waals surface area contributed by atoms with Crippen LogP contribution in [0, 0.1) is 0 Å². The molecular formula is C16H16ClN3O. The Bertz CT molecular complexity index is 638. The Labute approximate surface area is 128 Å². The average molecular weight is 302 g/mol. The molecule has 5 heteroatoms. The first-order valence-electron chi connectivity index (χ1n) is 6.44. The minimum Gasteiger partial charge on any atom is -0.386 e. The van der Waals surface area contributed by atoms with Crippen LogP contribution in [0.15, 0.2) is 59.6 Å². The van der Waals surface area contributed by atoms with Crippen molar-refractivity contribution in [2.75, 3.05) is 17.8 Å². The Morgan fingerprint density at radius 3 is 2.33 bits per heavy atom. The number of carbonyl (C=O) groups is 1. The van der Waals surface area contributed by atoms with E-state index >= 15 is 0 Å². The second-order valence-electron chi connectivity index (χ2n) is 4.48. The molecule has 0 saturated carbocycles. The summed E-state index contributed by atoms with van der Waals surface area (Å²) in [5, 5.41) is 0. The highest BCUT2D eigenvalue weighted by Crippen LogP contribution is 2.17. The van der Waals surface area contributed by atoms with Gasteiger partial charge in [-0.3, -0.25) is 4.79 Å².